The van der Waals surface area contributed by atoms with Crippen molar-refractivity contribution >= 4 is 17.4 Å². The van der Waals surface area contributed by atoms with Crippen LogP contribution in [0.4, 0.5) is 5.82 Å². The molecule has 4 heteroatoms. The lowest BCUT2D eigenvalue weighted by molar-refractivity contribution is 0.304. The zero-order valence-corrected chi connectivity index (χ0v) is 12.0. The van der Waals surface area contributed by atoms with Gasteiger partial charge in [0.2, 0.25) is 0 Å². The molecule has 0 atom stereocenters. The van der Waals surface area contributed by atoms with Gasteiger partial charge in [0.25, 0.3) is 0 Å². The summed E-state index contributed by atoms with van der Waals surface area (Å²) < 4.78 is 0. The third-order valence-electron chi connectivity index (χ3n) is 3.24. The van der Waals surface area contributed by atoms with Gasteiger partial charge in [0.1, 0.15) is 17.3 Å². The molecule has 1 rings (SSSR count). The van der Waals surface area contributed by atoms with Crippen LogP contribution in [0, 0.1) is 24.7 Å². The molecular weight excluding hydrogens is 234 g/mol. The second-order valence-corrected chi connectivity index (χ2v) is 5.53. The van der Waals surface area contributed by atoms with Crippen molar-refractivity contribution in [1.82, 2.24) is 9.97 Å². The van der Waals surface area contributed by atoms with E-state index in [1.54, 1.807) is 0 Å². The van der Waals surface area contributed by atoms with Gasteiger partial charge in [-0.2, -0.15) is 0 Å². The fourth-order valence-electron chi connectivity index (χ4n) is 2.06. The van der Waals surface area contributed by atoms with Crippen molar-refractivity contribution in [2.75, 3.05) is 11.9 Å². The minimum absolute atomic E-state index is 0.521. The maximum atomic E-state index is 5.96. The Morgan fingerprint density at radius 2 is 1.76 bits per heavy atom. The van der Waals surface area contributed by atoms with Gasteiger partial charge in [-0.15, -0.1) is 0 Å². The van der Waals surface area contributed by atoms with Crippen LogP contribution in [0.15, 0.2) is 6.33 Å². The van der Waals surface area contributed by atoms with E-state index >= 15 is 0 Å². The molecule has 17 heavy (non-hydrogen) atoms. The Morgan fingerprint density at radius 1 is 1.18 bits per heavy atom. The van der Waals surface area contributed by atoms with E-state index in [2.05, 4.69) is 43.0 Å². The molecule has 0 radical (unpaired) electrons. The summed E-state index contributed by atoms with van der Waals surface area (Å²) >= 11 is 5.96. The Morgan fingerprint density at radius 3 is 2.29 bits per heavy atom. The first-order valence-electron chi connectivity index (χ1n) is 6.14. The molecule has 0 saturated carbocycles. The Hall–Kier alpha value is -0.830. The molecule has 0 bridgehead atoms. The van der Waals surface area contributed by atoms with Gasteiger partial charge in [0.05, 0.1) is 0 Å². The van der Waals surface area contributed by atoms with Crippen molar-refractivity contribution in [3.05, 3.63) is 17.0 Å². The Labute approximate surface area is 109 Å². The Bertz CT molecular complexity index is 356. The third kappa shape index (κ3) is 3.84. The van der Waals surface area contributed by atoms with Crippen molar-refractivity contribution in [3.63, 3.8) is 0 Å². The van der Waals surface area contributed by atoms with Gasteiger partial charge in [0.15, 0.2) is 0 Å². The van der Waals surface area contributed by atoms with Gasteiger partial charge in [-0.25, -0.2) is 9.97 Å². The second-order valence-electron chi connectivity index (χ2n) is 5.17. The molecule has 0 aliphatic rings. The minimum Gasteiger partial charge on any atom is -0.369 e. The van der Waals surface area contributed by atoms with E-state index in [9.17, 15) is 0 Å². The molecule has 0 saturated heterocycles. The molecular formula is C13H22ClN3. The van der Waals surface area contributed by atoms with Gasteiger partial charge in [-0.3, -0.25) is 0 Å². The number of halogens is 1. The maximum Gasteiger partial charge on any atom is 0.137 e. The lowest BCUT2D eigenvalue weighted by Crippen LogP contribution is -2.25. The van der Waals surface area contributed by atoms with Crippen molar-refractivity contribution in [2.45, 2.75) is 34.6 Å². The quantitative estimate of drug-likeness (QED) is 0.814. The van der Waals surface area contributed by atoms with Gasteiger partial charge < -0.3 is 5.32 Å². The fourth-order valence-corrected chi connectivity index (χ4v) is 2.20. The number of nitrogens with one attached hydrogen (secondary N) is 1. The van der Waals surface area contributed by atoms with Crippen LogP contribution in [0.25, 0.3) is 0 Å². The Balaban J connectivity index is 2.69. The summed E-state index contributed by atoms with van der Waals surface area (Å²) in [6.07, 6.45) is 1.50. The van der Waals surface area contributed by atoms with Gasteiger partial charge in [-0.1, -0.05) is 39.3 Å². The number of hydrogen-bond donors (Lipinski definition) is 1. The molecule has 0 unspecified atom stereocenters. The van der Waals surface area contributed by atoms with Crippen LogP contribution < -0.4 is 5.32 Å². The first-order valence-corrected chi connectivity index (χ1v) is 6.52. The zero-order chi connectivity index (χ0) is 13.0. The molecule has 0 amide bonds. The van der Waals surface area contributed by atoms with Crippen LogP contribution in [0.2, 0.25) is 5.15 Å². The number of rotatable bonds is 5. The molecule has 1 aromatic rings. The highest BCUT2D eigenvalue weighted by Crippen LogP contribution is 2.23. The van der Waals surface area contributed by atoms with Crippen molar-refractivity contribution in [1.29, 1.82) is 0 Å². The van der Waals surface area contributed by atoms with E-state index in [1.165, 1.54) is 6.33 Å². The molecule has 0 spiro atoms. The van der Waals surface area contributed by atoms with E-state index in [-0.39, 0.29) is 0 Å². The number of hydrogen-bond acceptors (Lipinski definition) is 3. The molecule has 0 aliphatic heterocycles. The average Bonchev–Trinajstić information content (AvgIpc) is 2.23. The van der Waals surface area contributed by atoms with Crippen LogP contribution in [-0.2, 0) is 0 Å². The van der Waals surface area contributed by atoms with Gasteiger partial charge in [-0.05, 0) is 24.7 Å². The molecule has 0 fully saturated rings. The molecule has 1 heterocycles. The van der Waals surface area contributed by atoms with E-state index < -0.39 is 0 Å². The van der Waals surface area contributed by atoms with Crippen LogP contribution in [0.3, 0.4) is 0 Å². The molecule has 1 aromatic heterocycles. The van der Waals surface area contributed by atoms with E-state index in [0.29, 0.717) is 22.9 Å². The van der Waals surface area contributed by atoms with E-state index in [1.807, 2.05) is 6.92 Å². The summed E-state index contributed by atoms with van der Waals surface area (Å²) in [5, 5.41) is 3.90. The van der Waals surface area contributed by atoms with Crippen molar-refractivity contribution < 1.29 is 0 Å². The van der Waals surface area contributed by atoms with Crippen molar-refractivity contribution in [2.24, 2.45) is 17.8 Å². The van der Waals surface area contributed by atoms with E-state index in [0.717, 1.165) is 17.9 Å². The summed E-state index contributed by atoms with van der Waals surface area (Å²) in [6, 6.07) is 0. The summed E-state index contributed by atoms with van der Waals surface area (Å²) in [5.74, 6) is 2.78. The SMILES string of the molecule is Cc1c(Cl)ncnc1NCC(C(C)C)C(C)C. The first-order chi connectivity index (χ1) is 7.93. The second kappa shape index (κ2) is 6.20. The zero-order valence-electron chi connectivity index (χ0n) is 11.3. The predicted octanol–water partition coefficient (Wildman–Crippen LogP) is 3.78. The summed E-state index contributed by atoms with van der Waals surface area (Å²) in [4.78, 5) is 8.17. The van der Waals surface area contributed by atoms with Crippen molar-refractivity contribution in [3.8, 4) is 0 Å². The summed E-state index contributed by atoms with van der Waals surface area (Å²) in [6.45, 7) is 11.9. The number of nitrogens with zero attached hydrogens (tertiary/aromatic N) is 2. The molecule has 0 aliphatic carbocycles. The largest absolute Gasteiger partial charge is 0.369 e. The Kier molecular flexibility index (Phi) is 5.19. The van der Waals surface area contributed by atoms with Crippen LogP contribution in [0.1, 0.15) is 33.3 Å². The topological polar surface area (TPSA) is 37.8 Å². The first kappa shape index (κ1) is 14.2. The molecule has 96 valence electrons. The predicted molar refractivity (Wildman–Crippen MR) is 73.4 cm³/mol. The average molecular weight is 256 g/mol. The summed E-state index contributed by atoms with van der Waals surface area (Å²) in [7, 11) is 0. The number of anilines is 1. The van der Waals surface area contributed by atoms with Gasteiger partial charge >= 0.3 is 0 Å². The fraction of sp³-hybridized carbons (Fsp3) is 0.692. The van der Waals surface area contributed by atoms with E-state index in [4.69, 9.17) is 11.6 Å². The maximum absolute atomic E-state index is 5.96. The number of aromatic nitrogens is 2. The highest BCUT2D eigenvalue weighted by atomic mass is 35.5. The summed E-state index contributed by atoms with van der Waals surface area (Å²) in [5.41, 5.74) is 0.917. The highest BCUT2D eigenvalue weighted by molar-refractivity contribution is 6.30. The normalized spacial score (nSPS) is 11.6. The third-order valence-corrected chi connectivity index (χ3v) is 3.62. The van der Waals surface area contributed by atoms with Crippen LogP contribution in [-0.4, -0.2) is 16.5 Å². The molecule has 0 aromatic carbocycles. The van der Waals surface area contributed by atoms with Crippen LogP contribution in [0.5, 0.6) is 0 Å². The minimum atomic E-state index is 0.521. The standard InChI is InChI=1S/C13H22ClN3/c1-8(2)11(9(3)4)6-15-13-10(5)12(14)16-7-17-13/h7-9,11H,6H2,1-5H3,(H,15,16,17). The molecule has 3 nitrogen and oxygen atoms in total. The monoisotopic (exact) mass is 255 g/mol. The van der Waals surface area contributed by atoms with Gasteiger partial charge in [0, 0.05) is 12.1 Å². The highest BCUT2D eigenvalue weighted by Gasteiger charge is 2.17. The lowest BCUT2D eigenvalue weighted by atomic mass is 9.85. The molecule has 1 N–H and O–H groups in total. The lowest BCUT2D eigenvalue weighted by Gasteiger charge is -2.25. The van der Waals surface area contributed by atoms with Crippen LogP contribution >= 0.6 is 11.6 Å². The smallest absolute Gasteiger partial charge is 0.137 e.